The molecule has 4 unspecified atom stereocenters. The second kappa shape index (κ2) is 8.20. The highest BCUT2D eigenvalue weighted by molar-refractivity contribution is 5.77. The summed E-state index contributed by atoms with van der Waals surface area (Å²) in [4.78, 5) is 16.1. The number of hydrogen-bond acceptors (Lipinski definition) is 4. The second-order valence-corrected chi connectivity index (χ2v) is 8.62. The number of benzene rings is 1. The summed E-state index contributed by atoms with van der Waals surface area (Å²) in [6, 6.07) is 0.339. The van der Waals surface area contributed by atoms with Crippen LogP contribution in [0, 0.1) is 23.4 Å². The largest absolute Gasteiger partial charge is 0.375 e. The number of hydrogen-bond donors (Lipinski definition) is 2. The molecule has 162 valence electrons. The summed E-state index contributed by atoms with van der Waals surface area (Å²) < 4.78 is 54.3. The summed E-state index contributed by atoms with van der Waals surface area (Å²) in [7, 11) is 0. The van der Waals surface area contributed by atoms with Crippen LogP contribution in [-0.4, -0.2) is 64.4 Å². The van der Waals surface area contributed by atoms with Crippen LogP contribution < -0.4 is 5.73 Å². The first kappa shape index (κ1) is 22.0. The number of halogens is 4. The number of carbonyl (C=O) groups excluding carboxylic acids is 1. The molecule has 3 rings (SSSR count). The lowest BCUT2D eigenvalue weighted by atomic mass is 10.0. The molecule has 1 amide bonds. The molecule has 0 bridgehead atoms. The van der Waals surface area contributed by atoms with E-state index < -0.39 is 35.4 Å². The molecule has 5 nitrogen and oxygen atoms in total. The van der Waals surface area contributed by atoms with Crippen LogP contribution in [0.1, 0.15) is 32.3 Å². The van der Waals surface area contributed by atoms with E-state index in [1.54, 1.807) is 9.80 Å². The Hall–Kier alpha value is -1.71. The number of nitrogens with two attached hydrogens (primary N) is 1. The highest BCUT2D eigenvalue weighted by Crippen LogP contribution is 2.34. The van der Waals surface area contributed by atoms with Crippen LogP contribution in [0.5, 0.6) is 0 Å². The minimum Gasteiger partial charge on any atom is -0.375 e. The summed E-state index contributed by atoms with van der Waals surface area (Å²) in [6.45, 7) is 4.05. The molecule has 0 saturated carbocycles. The van der Waals surface area contributed by atoms with Crippen LogP contribution in [0.4, 0.5) is 17.6 Å². The van der Waals surface area contributed by atoms with Gasteiger partial charge in [-0.25, -0.2) is 17.6 Å². The molecular weight excluding hydrogens is 390 g/mol. The molecule has 2 aliphatic rings. The molecule has 0 aliphatic carbocycles. The fraction of sp³-hybridized carbons (Fsp3) is 0.650. The van der Waals surface area contributed by atoms with E-state index in [9.17, 15) is 27.5 Å². The molecule has 29 heavy (non-hydrogen) atoms. The van der Waals surface area contributed by atoms with Gasteiger partial charge in [-0.1, -0.05) is 0 Å². The molecular formula is C20H27F4N3O2. The molecule has 9 heteroatoms. The number of fused-ring (bicyclic) bond motifs is 1. The highest BCUT2D eigenvalue weighted by atomic mass is 19.2. The van der Waals surface area contributed by atoms with Crippen LogP contribution in [0.25, 0.3) is 0 Å². The molecule has 2 heterocycles. The molecule has 0 radical (unpaired) electrons. The maximum absolute atomic E-state index is 14.1. The van der Waals surface area contributed by atoms with Crippen molar-refractivity contribution in [3.8, 4) is 0 Å². The van der Waals surface area contributed by atoms with E-state index >= 15 is 0 Å². The van der Waals surface area contributed by atoms with Crippen molar-refractivity contribution >= 4 is 5.91 Å². The van der Waals surface area contributed by atoms with Gasteiger partial charge in [-0.15, -0.1) is 0 Å². The first-order valence-electron chi connectivity index (χ1n) is 9.77. The zero-order chi connectivity index (χ0) is 21.5. The number of carbonyl (C=O) groups is 1. The number of aliphatic hydroxyl groups excluding tert-OH is 1. The predicted molar refractivity (Wildman–Crippen MR) is 99.0 cm³/mol. The summed E-state index contributed by atoms with van der Waals surface area (Å²) in [5.74, 6) is -3.41. The van der Waals surface area contributed by atoms with Crippen molar-refractivity contribution < 1.29 is 27.5 Å². The molecule has 2 saturated heterocycles. The average Bonchev–Trinajstić information content (AvgIpc) is 3.18. The third-order valence-corrected chi connectivity index (χ3v) is 5.86. The van der Waals surface area contributed by atoms with Crippen LogP contribution in [0.2, 0.25) is 0 Å². The molecule has 0 aromatic heterocycles. The summed E-state index contributed by atoms with van der Waals surface area (Å²) in [6.07, 6.45) is -0.667. The van der Waals surface area contributed by atoms with Gasteiger partial charge < -0.3 is 15.7 Å². The van der Waals surface area contributed by atoms with Crippen LogP contribution in [0.15, 0.2) is 12.1 Å². The van der Waals surface area contributed by atoms with Gasteiger partial charge >= 0.3 is 0 Å². The van der Waals surface area contributed by atoms with Crippen molar-refractivity contribution in [3.05, 3.63) is 35.1 Å². The van der Waals surface area contributed by atoms with E-state index in [0.29, 0.717) is 25.7 Å². The van der Waals surface area contributed by atoms with Gasteiger partial charge in [0.15, 0.2) is 11.6 Å². The van der Waals surface area contributed by atoms with Crippen LogP contribution >= 0.6 is 0 Å². The Bertz CT molecular complexity index is 771. The van der Waals surface area contributed by atoms with Gasteiger partial charge in [0.05, 0.1) is 0 Å². The summed E-state index contributed by atoms with van der Waals surface area (Å²) in [5, 5.41) is 10.2. The predicted octanol–water partition coefficient (Wildman–Crippen LogP) is 1.96. The number of rotatable bonds is 6. The first-order valence-corrected chi connectivity index (χ1v) is 9.77. The van der Waals surface area contributed by atoms with Crippen molar-refractivity contribution in [2.45, 2.75) is 57.1 Å². The monoisotopic (exact) mass is 417 g/mol. The van der Waals surface area contributed by atoms with Crippen molar-refractivity contribution in [2.75, 3.05) is 19.6 Å². The fourth-order valence-corrected chi connectivity index (χ4v) is 4.35. The topological polar surface area (TPSA) is 69.8 Å². The van der Waals surface area contributed by atoms with E-state index in [2.05, 4.69) is 0 Å². The highest BCUT2D eigenvalue weighted by Gasteiger charge is 2.47. The number of aliphatic hydroxyl groups is 1. The normalized spacial score (nSPS) is 24.6. The minimum absolute atomic E-state index is 0.0706. The molecule has 4 atom stereocenters. The Balaban J connectivity index is 1.59. The maximum atomic E-state index is 14.1. The smallest absolute Gasteiger partial charge is 0.224 e. The SMILES string of the molecule is CC(C)(F)C(O)N1CC2CCN(C(=O)CC(N)Cc3cc(F)c(F)cc3F)C2C1. The van der Waals surface area contributed by atoms with Gasteiger partial charge in [0.25, 0.3) is 0 Å². The number of alkyl halides is 1. The number of likely N-dealkylation sites (tertiary alicyclic amines) is 2. The Morgan fingerprint density at radius 3 is 2.55 bits per heavy atom. The molecule has 1 aromatic carbocycles. The zero-order valence-corrected chi connectivity index (χ0v) is 16.5. The first-order chi connectivity index (χ1) is 13.5. The lowest BCUT2D eigenvalue weighted by Crippen LogP contribution is -2.48. The van der Waals surface area contributed by atoms with Gasteiger partial charge in [0, 0.05) is 44.2 Å². The van der Waals surface area contributed by atoms with E-state index in [-0.39, 0.29) is 36.3 Å². The third kappa shape index (κ3) is 4.73. The number of nitrogens with zero attached hydrogens (tertiary/aromatic N) is 2. The van der Waals surface area contributed by atoms with Crippen LogP contribution in [0.3, 0.4) is 0 Å². The average molecular weight is 417 g/mol. The molecule has 3 N–H and O–H groups in total. The zero-order valence-electron chi connectivity index (χ0n) is 16.5. The summed E-state index contributed by atoms with van der Waals surface area (Å²) >= 11 is 0. The lowest BCUT2D eigenvalue weighted by Gasteiger charge is -2.32. The summed E-state index contributed by atoms with van der Waals surface area (Å²) in [5.41, 5.74) is 4.12. The van der Waals surface area contributed by atoms with Crippen molar-refractivity contribution in [3.63, 3.8) is 0 Å². The lowest BCUT2D eigenvalue weighted by molar-refractivity contribution is -0.133. The molecule has 2 aliphatic heterocycles. The van der Waals surface area contributed by atoms with E-state index in [4.69, 9.17) is 5.73 Å². The van der Waals surface area contributed by atoms with Crippen molar-refractivity contribution in [1.82, 2.24) is 9.80 Å². The minimum atomic E-state index is -1.77. The van der Waals surface area contributed by atoms with Gasteiger partial charge in [0.2, 0.25) is 5.91 Å². The maximum Gasteiger partial charge on any atom is 0.224 e. The van der Waals surface area contributed by atoms with Gasteiger partial charge in [-0.2, -0.15) is 0 Å². The Kier molecular flexibility index (Phi) is 6.21. The van der Waals surface area contributed by atoms with Gasteiger partial charge in [-0.05, 0) is 44.2 Å². The fourth-order valence-electron chi connectivity index (χ4n) is 4.35. The Labute approximate surface area is 167 Å². The molecule has 1 aromatic rings. The van der Waals surface area contributed by atoms with E-state index in [1.807, 2.05) is 0 Å². The van der Waals surface area contributed by atoms with E-state index in [1.165, 1.54) is 13.8 Å². The van der Waals surface area contributed by atoms with Gasteiger partial charge in [0.1, 0.15) is 17.7 Å². The second-order valence-electron chi connectivity index (χ2n) is 8.62. The molecule has 0 spiro atoms. The molecule has 2 fully saturated rings. The Morgan fingerprint density at radius 2 is 1.90 bits per heavy atom. The van der Waals surface area contributed by atoms with Crippen LogP contribution in [-0.2, 0) is 11.2 Å². The van der Waals surface area contributed by atoms with Gasteiger partial charge in [-0.3, -0.25) is 9.69 Å². The number of amides is 1. The quantitative estimate of drug-likeness (QED) is 0.549. The van der Waals surface area contributed by atoms with Crippen molar-refractivity contribution in [1.29, 1.82) is 0 Å². The van der Waals surface area contributed by atoms with E-state index in [0.717, 1.165) is 12.5 Å². The standard InChI is InChI=1S/C20H27F4N3O2/c1-20(2,24)19(29)26-9-11-3-4-27(17(11)10-26)18(28)7-13(25)5-12-6-15(22)16(23)8-14(12)21/h6,8,11,13,17,19,29H,3-5,7,9-10,25H2,1-2H3. The Morgan fingerprint density at radius 1 is 1.24 bits per heavy atom. The third-order valence-electron chi connectivity index (χ3n) is 5.86. The van der Waals surface area contributed by atoms with Crippen molar-refractivity contribution in [2.24, 2.45) is 11.7 Å².